The molecule has 0 N–H and O–H groups in total. The van der Waals surface area contributed by atoms with Crippen LogP contribution in [0.5, 0.6) is 0 Å². The molecule has 2 heterocycles. The third-order valence-electron chi connectivity index (χ3n) is 3.21. The zero-order chi connectivity index (χ0) is 15.4. The summed E-state index contributed by atoms with van der Waals surface area (Å²) < 4.78 is 15.0. The minimum absolute atomic E-state index is 0.220. The Labute approximate surface area is 132 Å². The summed E-state index contributed by atoms with van der Waals surface area (Å²) in [4.78, 5) is 4.32. The Balaban J connectivity index is 1.80. The normalized spacial score (nSPS) is 10.8. The second-order valence-electron chi connectivity index (χ2n) is 4.68. The molecular weight excluding hydrogens is 299 g/mol. The van der Waals surface area contributed by atoms with Gasteiger partial charge >= 0.3 is 0 Å². The summed E-state index contributed by atoms with van der Waals surface area (Å²) in [7, 11) is 0. The van der Waals surface area contributed by atoms with Crippen LogP contribution < -0.4 is 0 Å². The zero-order valence-corrected chi connectivity index (χ0v) is 12.9. The number of halogens is 1. The largest absolute Gasteiger partial charge is 0.301 e. The van der Waals surface area contributed by atoms with Gasteiger partial charge in [0.15, 0.2) is 11.0 Å². The minimum Gasteiger partial charge on any atom is -0.301 e. The predicted molar refractivity (Wildman–Crippen MR) is 84.9 cm³/mol. The first-order valence-corrected chi connectivity index (χ1v) is 7.98. The van der Waals surface area contributed by atoms with Crippen molar-refractivity contribution < 1.29 is 4.39 Å². The molecule has 22 heavy (non-hydrogen) atoms. The third-order valence-corrected chi connectivity index (χ3v) is 4.25. The van der Waals surface area contributed by atoms with Gasteiger partial charge in [0.25, 0.3) is 0 Å². The number of pyridine rings is 1. The van der Waals surface area contributed by atoms with E-state index in [1.54, 1.807) is 30.1 Å². The molecule has 0 aliphatic heterocycles. The molecule has 6 heteroatoms. The number of rotatable bonds is 5. The zero-order valence-electron chi connectivity index (χ0n) is 12.1. The van der Waals surface area contributed by atoms with Crippen molar-refractivity contribution in [1.29, 1.82) is 0 Å². The van der Waals surface area contributed by atoms with Gasteiger partial charge in [-0.2, -0.15) is 0 Å². The lowest BCUT2D eigenvalue weighted by atomic mass is 10.2. The predicted octanol–water partition coefficient (Wildman–Crippen LogP) is 3.79. The van der Waals surface area contributed by atoms with Gasteiger partial charge in [0.05, 0.1) is 0 Å². The number of thioether (sulfide) groups is 1. The first-order chi connectivity index (χ1) is 10.8. The summed E-state index contributed by atoms with van der Waals surface area (Å²) in [6.07, 6.45) is 1.75. The van der Waals surface area contributed by atoms with E-state index in [4.69, 9.17) is 0 Å². The molecule has 3 aromatic rings. The van der Waals surface area contributed by atoms with Crippen molar-refractivity contribution in [3.8, 4) is 11.5 Å². The van der Waals surface area contributed by atoms with Gasteiger partial charge in [-0.3, -0.25) is 4.98 Å². The van der Waals surface area contributed by atoms with Gasteiger partial charge < -0.3 is 4.57 Å². The van der Waals surface area contributed by atoms with E-state index in [1.165, 1.54) is 12.1 Å². The standard InChI is InChI=1S/C16H15FN4S/c1-2-21-15(14-5-3-4-10-18-14)19-20-16(21)22-11-12-6-8-13(17)9-7-12/h3-10H,2,11H2,1H3. The lowest BCUT2D eigenvalue weighted by Gasteiger charge is -2.06. The van der Waals surface area contributed by atoms with Crippen LogP contribution in [0.1, 0.15) is 12.5 Å². The van der Waals surface area contributed by atoms with Crippen molar-refractivity contribution in [2.75, 3.05) is 0 Å². The first kappa shape index (κ1) is 14.7. The Morgan fingerprint density at radius 1 is 1.09 bits per heavy atom. The van der Waals surface area contributed by atoms with Crippen LogP contribution in [0.25, 0.3) is 11.5 Å². The van der Waals surface area contributed by atoms with E-state index in [0.29, 0.717) is 0 Å². The van der Waals surface area contributed by atoms with E-state index in [2.05, 4.69) is 22.1 Å². The topological polar surface area (TPSA) is 43.6 Å². The molecule has 0 spiro atoms. The van der Waals surface area contributed by atoms with E-state index < -0.39 is 0 Å². The summed E-state index contributed by atoms with van der Waals surface area (Å²) in [5, 5.41) is 9.35. The van der Waals surface area contributed by atoms with Crippen LogP contribution in [0.3, 0.4) is 0 Å². The molecule has 112 valence electrons. The van der Waals surface area contributed by atoms with E-state index in [-0.39, 0.29) is 5.82 Å². The van der Waals surface area contributed by atoms with E-state index >= 15 is 0 Å². The molecule has 0 radical (unpaired) electrons. The smallest absolute Gasteiger partial charge is 0.191 e. The molecule has 2 aromatic heterocycles. The SMILES string of the molecule is CCn1c(SCc2ccc(F)cc2)nnc1-c1ccccn1. The van der Waals surface area contributed by atoms with Gasteiger partial charge in [-0.25, -0.2) is 4.39 Å². The van der Waals surface area contributed by atoms with Gasteiger partial charge in [-0.1, -0.05) is 30.0 Å². The molecule has 4 nitrogen and oxygen atoms in total. The second-order valence-corrected chi connectivity index (χ2v) is 5.62. The summed E-state index contributed by atoms with van der Waals surface area (Å²) in [5.74, 6) is 1.27. The molecule has 0 saturated carbocycles. The van der Waals surface area contributed by atoms with E-state index in [9.17, 15) is 4.39 Å². The van der Waals surface area contributed by atoms with Crippen molar-refractivity contribution in [1.82, 2.24) is 19.7 Å². The quantitative estimate of drug-likeness (QED) is 0.672. The van der Waals surface area contributed by atoms with Crippen LogP contribution >= 0.6 is 11.8 Å². The monoisotopic (exact) mass is 314 g/mol. The van der Waals surface area contributed by atoms with Crippen LogP contribution in [-0.4, -0.2) is 19.7 Å². The number of hydrogen-bond acceptors (Lipinski definition) is 4. The Hall–Kier alpha value is -2.21. The number of aromatic nitrogens is 4. The highest BCUT2D eigenvalue weighted by atomic mass is 32.2. The van der Waals surface area contributed by atoms with Gasteiger partial charge in [0.2, 0.25) is 0 Å². The maximum absolute atomic E-state index is 12.9. The number of benzene rings is 1. The number of hydrogen-bond donors (Lipinski definition) is 0. The fourth-order valence-corrected chi connectivity index (χ4v) is 3.05. The Morgan fingerprint density at radius 2 is 1.91 bits per heavy atom. The molecule has 1 aromatic carbocycles. The third kappa shape index (κ3) is 3.17. The highest BCUT2D eigenvalue weighted by molar-refractivity contribution is 7.98. The van der Waals surface area contributed by atoms with Gasteiger partial charge in [0.1, 0.15) is 11.5 Å². The lowest BCUT2D eigenvalue weighted by molar-refractivity contribution is 0.627. The fourth-order valence-electron chi connectivity index (χ4n) is 2.09. The molecule has 0 aliphatic rings. The second kappa shape index (κ2) is 6.70. The fraction of sp³-hybridized carbons (Fsp3) is 0.188. The summed E-state index contributed by atoms with van der Waals surface area (Å²) >= 11 is 1.59. The van der Waals surface area contributed by atoms with Crippen molar-refractivity contribution in [2.45, 2.75) is 24.4 Å². The maximum Gasteiger partial charge on any atom is 0.191 e. The van der Waals surface area contributed by atoms with Crippen molar-refractivity contribution in [3.05, 3.63) is 60.0 Å². The molecule has 0 bridgehead atoms. The van der Waals surface area contributed by atoms with E-state index in [1.807, 2.05) is 22.8 Å². The van der Waals surface area contributed by atoms with Gasteiger partial charge in [0, 0.05) is 18.5 Å². The summed E-state index contributed by atoms with van der Waals surface area (Å²) in [6, 6.07) is 12.2. The molecule has 0 aliphatic carbocycles. The average molecular weight is 314 g/mol. The lowest BCUT2D eigenvalue weighted by Crippen LogP contribution is -2.00. The number of nitrogens with zero attached hydrogens (tertiary/aromatic N) is 4. The molecule has 0 unspecified atom stereocenters. The molecule has 0 saturated heterocycles. The highest BCUT2D eigenvalue weighted by Crippen LogP contribution is 2.25. The van der Waals surface area contributed by atoms with Gasteiger partial charge in [-0.05, 0) is 36.8 Å². The van der Waals surface area contributed by atoms with Crippen LogP contribution in [0.15, 0.2) is 53.8 Å². The van der Waals surface area contributed by atoms with Crippen LogP contribution in [0.2, 0.25) is 0 Å². The Kier molecular flexibility index (Phi) is 4.48. The van der Waals surface area contributed by atoms with E-state index in [0.717, 1.165) is 34.5 Å². The minimum atomic E-state index is -0.220. The molecule has 3 rings (SSSR count). The first-order valence-electron chi connectivity index (χ1n) is 6.99. The van der Waals surface area contributed by atoms with Crippen molar-refractivity contribution >= 4 is 11.8 Å². The van der Waals surface area contributed by atoms with Crippen LogP contribution in [0.4, 0.5) is 4.39 Å². The molecule has 0 amide bonds. The summed E-state index contributed by atoms with van der Waals surface area (Å²) in [5.41, 5.74) is 1.86. The average Bonchev–Trinajstić information content (AvgIpc) is 2.98. The Morgan fingerprint density at radius 3 is 2.59 bits per heavy atom. The Bertz CT molecular complexity index is 741. The van der Waals surface area contributed by atoms with Crippen LogP contribution in [0, 0.1) is 5.82 Å². The van der Waals surface area contributed by atoms with Gasteiger partial charge in [-0.15, -0.1) is 10.2 Å². The molecule has 0 atom stereocenters. The molecule has 0 fully saturated rings. The van der Waals surface area contributed by atoms with Crippen molar-refractivity contribution in [2.24, 2.45) is 0 Å². The summed E-state index contributed by atoms with van der Waals surface area (Å²) in [6.45, 7) is 2.82. The van der Waals surface area contributed by atoms with Crippen molar-refractivity contribution in [3.63, 3.8) is 0 Å². The maximum atomic E-state index is 12.9. The molecular formula is C16H15FN4S. The van der Waals surface area contributed by atoms with Crippen LogP contribution in [-0.2, 0) is 12.3 Å². The highest BCUT2D eigenvalue weighted by Gasteiger charge is 2.13.